The van der Waals surface area contributed by atoms with E-state index in [9.17, 15) is 4.79 Å². The van der Waals surface area contributed by atoms with Crippen LogP contribution >= 0.6 is 11.8 Å². The number of nitrogens with one attached hydrogen (secondary N) is 2. The summed E-state index contributed by atoms with van der Waals surface area (Å²) in [6, 6.07) is 17.6. The number of ether oxygens (including phenoxy) is 1. The first-order chi connectivity index (χ1) is 12.7. The second-order valence-electron chi connectivity index (χ2n) is 5.64. The molecule has 7 heteroatoms. The molecule has 1 atom stereocenters. The van der Waals surface area contributed by atoms with Crippen LogP contribution in [0.15, 0.2) is 54.6 Å². The van der Waals surface area contributed by atoms with Gasteiger partial charge in [-0.05, 0) is 24.6 Å². The summed E-state index contributed by atoms with van der Waals surface area (Å²) in [5.41, 5.74) is 1.98. The van der Waals surface area contributed by atoms with Crippen molar-refractivity contribution in [1.82, 2.24) is 15.2 Å². The average molecular weight is 368 g/mol. The molecule has 0 aliphatic rings. The van der Waals surface area contributed by atoms with Crippen LogP contribution in [0.4, 0.5) is 5.95 Å². The molecule has 0 unspecified atom stereocenters. The van der Waals surface area contributed by atoms with E-state index in [4.69, 9.17) is 4.74 Å². The summed E-state index contributed by atoms with van der Waals surface area (Å²) in [7, 11) is 1.60. The Morgan fingerprint density at radius 1 is 1.19 bits per heavy atom. The lowest BCUT2D eigenvalue weighted by atomic mass is 10.2. The Balaban J connectivity index is 1.60. The third-order valence-electron chi connectivity index (χ3n) is 3.79. The van der Waals surface area contributed by atoms with Gasteiger partial charge in [-0.25, -0.2) is 0 Å². The molecule has 0 radical (unpaired) electrons. The van der Waals surface area contributed by atoms with E-state index in [1.54, 1.807) is 18.9 Å². The minimum Gasteiger partial charge on any atom is -0.496 e. The number of anilines is 1. The number of aromatic amines is 1. The molecule has 6 nitrogen and oxygen atoms in total. The topological polar surface area (TPSA) is 79.9 Å². The number of carbonyl (C=O) groups is 1. The third kappa shape index (κ3) is 4.43. The first-order valence-corrected chi connectivity index (χ1v) is 9.24. The fourth-order valence-corrected chi connectivity index (χ4v) is 3.21. The number of methoxy groups -OCH3 is 1. The van der Waals surface area contributed by atoms with Crippen molar-refractivity contribution >= 4 is 23.6 Å². The van der Waals surface area contributed by atoms with Crippen molar-refractivity contribution in [3.63, 3.8) is 0 Å². The Hall–Kier alpha value is -2.80. The van der Waals surface area contributed by atoms with Gasteiger partial charge in [0.05, 0.1) is 17.9 Å². The zero-order valence-electron chi connectivity index (χ0n) is 14.6. The lowest BCUT2D eigenvalue weighted by Gasteiger charge is -2.10. The minimum absolute atomic E-state index is 0.128. The van der Waals surface area contributed by atoms with Gasteiger partial charge >= 0.3 is 0 Å². The van der Waals surface area contributed by atoms with Gasteiger partial charge in [0, 0.05) is 5.75 Å². The molecule has 26 heavy (non-hydrogen) atoms. The number of H-pyrrole nitrogens is 1. The summed E-state index contributed by atoms with van der Waals surface area (Å²) < 4.78 is 5.32. The van der Waals surface area contributed by atoms with Crippen LogP contribution < -0.4 is 10.1 Å². The molecule has 1 amide bonds. The fourth-order valence-electron chi connectivity index (χ4n) is 2.36. The van der Waals surface area contributed by atoms with Gasteiger partial charge in [0.1, 0.15) is 5.75 Å². The largest absolute Gasteiger partial charge is 0.496 e. The summed E-state index contributed by atoms with van der Waals surface area (Å²) >= 11 is 1.57. The quantitative estimate of drug-likeness (QED) is 0.664. The van der Waals surface area contributed by atoms with Crippen LogP contribution in [0.25, 0.3) is 11.4 Å². The lowest BCUT2D eigenvalue weighted by molar-refractivity contribution is -0.115. The summed E-state index contributed by atoms with van der Waals surface area (Å²) in [4.78, 5) is 16.7. The predicted molar refractivity (Wildman–Crippen MR) is 104 cm³/mol. The standard InChI is InChI=1S/C19H20N4O2S/c1-13(26-12-14-8-4-3-5-9-14)18(24)21-19-20-17(22-23-19)15-10-6-7-11-16(15)25-2/h3-11,13H,12H2,1-2H3,(H2,20,21,22,23,24)/t13-/m1/s1. The Morgan fingerprint density at radius 3 is 2.69 bits per heavy atom. The second-order valence-corrected chi connectivity index (χ2v) is 6.97. The number of carbonyl (C=O) groups excluding carboxylic acids is 1. The van der Waals surface area contributed by atoms with Gasteiger partial charge in [0.2, 0.25) is 11.9 Å². The van der Waals surface area contributed by atoms with Crippen molar-refractivity contribution in [2.45, 2.75) is 17.9 Å². The van der Waals surface area contributed by atoms with E-state index in [1.165, 1.54) is 5.56 Å². The Labute approximate surface area is 156 Å². The highest BCUT2D eigenvalue weighted by atomic mass is 32.2. The second kappa shape index (κ2) is 8.53. The van der Waals surface area contributed by atoms with E-state index in [0.29, 0.717) is 11.6 Å². The van der Waals surface area contributed by atoms with E-state index >= 15 is 0 Å². The van der Waals surface area contributed by atoms with Crippen LogP contribution in [0.1, 0.15) is 12.5 Å². The van der Waals surface area contributed by atoms with Crippen molar-refractivity contribution in [2.75, 3.05) is 12.4 Å². The van der Waals surface area contributed by atoms with Crippen LogP contribution in [-0.2, 0) is 10.5 Å². The number of hydrogen-bond acceptors (Lipinski definition) is 5. The number of aromatic nitrogens is 3. The molecule has 0 fully saturated rings. The van der Waals surface area contributed by atoms with Gasteiger partial charge in [-0.15, -0.1) is 16.9 Å². The van der Waals surface area contributed by atoms with E-state index in [0.717, 1.165) is 11.3 Å². The van der Waals surface area contributed by atoms with Crippen LogP contribution in [0.2, 0.25) is 0 Å². The first-order valence-electron chi connectivity index (χ1n) is 8.19. The maximum atomic E-state index is 12.4. The number of hydrogen-bond donors (Lipinski definition) is 2. The molecule has 0 spiro atoms. The number of para-hydroxylation sites is 1. The zero-order chi connectivity index (χ0) is 18.4. The van der Waals surface area contributed by atoms with Crippen LogP contribution in [0, 0.1) is 0 Å². The van der Waals surface area contributed by atoms with Crippen molar-refractivity contribution in [2.24, 2.45) is 0 Å². The molecular formula is C19H20N4O2S. The van der Waals surface area contributed by atoms with Gasteiger partial charge in [-0.2, -0.15) is 4.98 Å². The lowest BCUT2D eigenvalue weighted by Crippen LogP contribution is -2.23. The predicted octanol–water partition coefficient (Wildman–Crippen LogP) is 3.74. The monoisotopic (exact) mass is 368 g/mol. The first kappa shape index (κ1) is 18.0. The molecule has 1 aromatic heterocycles. The van der Waals surface area contributed by atoms with Crippen molar-refractivity contribution < 1.29 is 9.53 Å². The molecule has 0 saturated heterocycles. The highest BCUT2D eigenvalue weighted by Gasteiger charge is 2.17. The molecule has 2 aromatic carbocycles. The fraction of sp³-hybridized carbons (Fsp3) is 0.211. The zero-order valence-corrected chi connectivity index (χ0v) is 15.4. The summed E-state index contributed by atoms with van der Waals surface area (Å²) in [5.74, 6) is 2.13. The molecule has 134 valence electrons. The molecule has 0 aliphatic heterocycles. The van der Waals surface area contributed by atoms with Crippen molar-refractivity contribution in [3.8, 4) is 17.1 Å². The number of benzene rings is 2. The van der Waals surface area contributed by atoms with Crippen LogP contribution in [-0.4, -0.2) is 33.4 Å². The average Bonchev–Trinajstić information content (AvgIpc) is 3.15. The molecule has 3 aromatic rings. The molecule has 0 saturated carbocycles. The highest BCUT2D eigenvalue weighted by molar-refractivity contribution is 7.99. The van der Waals surface area contributed by atoms with Gasteiger partial charge in [-0.1, -0.05) is 42.5 Å². The minimum atomic E-state index is -0.219. The highest BCUT2D eigenvalue weighted by Crippen LogP contribution is 2.27. The normalized spacial score (nSPS) is 11.8. The maximum Gasteiger partial charge on any atom is 0.249 e. The van der Waals surface area contributed by atoms with Crippen molar-refractivity contribution in [3.05, 3.63) is 60.2 Å². The Bertz CT molecular complexity index is 867. The van der Waals surface area contributed by atoms with Gasteiger partial charge in [0.15, 0.2) is 5.82 Å². The molecule has 0 aliphatic carbocycles. The summed E-state index contributed by atoms with van der Waals surface area (Å²) in [6.07, 6.45) is 0. The number of nitrogens with zero attached hydrogens (tertiary/aromatic N) is 2. The molecule has 0 bridgehead atoms. The Morgan fingerprint density at radius 2 is 1.92 bits per heavy atom. The molecule has 2 N–H and O–H groups in total. The van der Waals surface area contributed by atoms with Gasteiger partial charge in [0.25, 0.3) is 0 Å². The van der Waals surface area contributed by atoms with E-state index < -0.39 is 0 Å². The maximum absolute atomic E-state index is 12.4. The smallest absolute Gasteiger partial charge is 0.249 e. The SMILES string of the molecule is COc1ccccc1-c1nc(NC(=O)[C@@H](C)SCc2ccccc2)n[nH]1. The van der Waals surface area contributed by atoms with E-state index in [2.05, 4.69) is 20.5 Å². The van der Waals surface area contributed by atoms with E-state index in [-0.39, 0.29) is 17.1 Å². The number of amides is 1. The molecular weight excluding hydrogens is 348 g/mol. The summed E-state index contributed by atoms with van der Waals surface area (Å²) in [6.45, 7) is 1.87. The van der Waals surface area contributed by atoms with Gasteiger partial charge < -0.3 is 4.74 Å². The third-order valence-corrected chi connectivity index (χ3v) is 5.01. The number of thioether (sulfide) groups is 1. The summed E-state index contributed by atoms with van der Waals surface area (Å²) in [5, 5.41) is 9.44. The van der Waals surface area contributed by atoms with Gasteiger partial charge in [-0.3, -0.25) is 15.2 Å². The molecule has 1 heterocycles. The Kier molecular flexibility index (Phi) is 5.91. The molecule has 3 rings (SSSR count). The van der Waals surface area contributed by atoms with Crippen LogP contribution in [0.5, 0.6) is 5.75 Å². The van der Waals surface area contributed by atoms with Crippen molar-refractivity contribution in [1.29, 1.82) is 0 Å². The van der Waals surface area contributed by atoms with Crippen LogP contribution in [0.3, 0.4) is 0 Å². The number of rotatable bonds is 7. The van der Waals surface area contributed by atoms with E-state index in [1.807, 2.05) is 61.5 Å².